The average molecular weight is 439 g/mol. The number of nitrogens with zero attached hydrogens (tertiary/aromatic N) is 6. The van der Waals surface area contributed by atoms with Gasteiger partial charge in [0.25, 0.3) is 0 Å². The molecule has 0 atom stereocenters. The number of pyridine rings is 1. The molecule has 0 saturated heterocycles. The van der Waals surface area contributed by atoms with E-state index >= 15 is 0 Å². The Bertz CT molecular complexity index is 1480. The molecule has 9 nitrogen and oxygen atoms in total. The van der Waals surface area contributed by atoms with Gasteiger partial charge < -0.3 is 14.6 Å². The highest BCUT2D eigenvalue weighted by Gasteiger charge is 2.18. The third kappa shape index (κ3) is 3.62. The second-order valence-electron chi connectivity index (χ2n) is 7.96. The molecule has 0 amide bonds. The molecule has 1 aromatic carbocycles. The van der Waals surface area contributed by atoms with Crippen molar-refractivity contribution in [3.63, 3.8) is 0 Å². The van der Waals surface area contributed by atoms with E-state index in [1.165, 1.54) is 5.57 Å². The van der Waals surface area contributed by atoms with Gasteiger partial charge in [-0.1, -0.05) is 35.5 Å². The van der Waals surface area contributed by atoms with E-state index in [1.807, 2.05) is 43.5 Å². The number of hydrogen-bond donors (Lipinski definition) is 1. The molecule has 6 rings (SSSR count). The van der Waals surface area contributed by atoms with Crippen LogP contribution >= 0.6 is 0 Å². The molecule has 5 heterocycles. The molecule has 1 N–H and O–H groups in total. The molecule has 1 aliphatic heterocycles. The first-order chi connectivity index (χ1) is 16.3. The Kier molecular flexibility index (Phi) is 4.80. The van der Waals surface area contributed by atoms with Crippen molar-refractivity contribution in [2.24, 2.45) is 0 Å². The van der Waals surface area contributed by atoms with Crippen molar-refractivity contribution in [3.8, 4) is 17.4 Å². The molecule has 0 radical (unpaired) electrons. The van der Waals surface area contributed by atoms with Crippen molar-refractivity contribution >= 4 is 22.0 Å². The van der Waals surface area contributed by atoms with Crippen molar-refractivity contribution < 1.29 is 9.26 Å². The van der Waals surface area contributed by atoms with Crippen molar-refractivity contribution in [1.29, 1.82) is 0 Å². The summed E-state index contributed by atoms with van der Waals surface area (Å²) in [5, 5.41) is 22.5. The summed E-state index contributed by atoms with van der Waals surface area (Å²) in [5.74, 6) is 1.68. The predicted molar refractivity (Wildman–Crippen MR) is 123 cm³/mol. The highest BCUT2D eigenvalue weighted by atomic mass is 16.5. The van der Waals surface area contributed by atoms with Crippen LogP contribution in [0, 0.1) is 6.92 Å². The van der Waals surface area contributed by atoms with Crippen LogP contribution in [0.4, 0.5) is 0 Å². The zero-order valence-corrected chi connectivity index (χ0v) is 18.0. The molecule has 0 fully saturated rings. The monoisotopic (exact) mass is 439 g/mol. The molecule has 9 heteroatoms. The van der Waals surface area contributed by atoms with Gasteiger partial charge in [-0.15, -0.1) is 15.3 Å². The maximum Gasteiger partial charge on any atom is 0.240 e. The maximum atomic E-state index is 6.17. The van der Waals surface area contributed by atoms with Gasteiger partial charge in [0.15, 0.2) is 11.3 Å². The lowest BCUT2D eigenvalue weighted by molar-refractivity contribution is 0.293. The van der Waals surface area contributed by atoms with Gasteiger partial charge >= 0.3 is 0 Å². The SMILES string of the molecule is Cc1cc(-c2nnc3c4ccccc4c(OCc4ccc(C5=CCNCC5)nc4)nn23)no1. The summed E-state index contributed by atoms with van der Waals surface area (Å²) >= 11 is 0. The summed E-state index contributed by atoms with van der Waals surface area (Å²) in [5.41, 5.74) is 4.47. The van der Waals surface area contributed by atoms with Gasteiger partial charge in [-0.3, -0.25) is 4.98 Å². The minimum Gasteiger partial charge on any atom is -0.471 e. The number of rotatable bonds is 5. The number of hydrogen-bond acceptors (Lipinski definition) is 8. The smallest absolute Gasteiger partial charge is 0.240 e. The molecule has 0 spiro atoms. The van der Waals surface area contributed by atoms with E-state index in [0.29, 0.717) is 35.4 Å². The molecule has 164 valence electrons. The minimum absolute atomic E-state index is 0.344. The van der Waals surface area contributed by atoms with Gasteiger partial charge in [-0.05, 0) is 37.6 Å². The van der Waals surface area contributed by atoms with Crippen molar-refractivity contribution in [2.75, 3.05) is 13.1 Å². The van der Waals surface area contributed by atoms with E-state index in [1.54, 1.807) is 10.6 Å². The van der Waals surface area contributed by atoms with E-state index in [0.717, 1.165) is 41.5 Å². The van der Waals surface area contributed by atoms with Crippen LogP contribution in [0.25, 0.3) is 33.5 Å². The van der Waals surface area contributed by atoms with Crippen LogP contribution in [0.3, 0.4) is 0 Å². The molecule has 0 unspecified atom stereocenters. The van der Waals surface area contributed by atoms with Gasteiger partial charge in [0.05, 0.1) is 5.69 Å². The fourth-order valence-electron chi connectivity index (χ4n) is 4.00. The van der Waals surface area contributed by atoms with Crippen LogP contribution in [-0.2, 0) is 6.61 Å². The van der Waals surface area contributed by atoms with Crippen LogP contribution in [0.5, 0.6) is 5.88 Å². The minimum atomic E-state index is 0.344. The van der Waals surface area contributed by atoms with Gasteiger partial charge in [0, 0.05) is 35.1 Å². The third-order valence-electron chi connectivity index (χ3n) is 5.68. The van der Waals surface area contributed by atoms with E-state index in [9.17, 15) is 0 Å². The molecule has 0 saturated carbocycles. The number of nitrogens with one attached hydrogen (secondary N) is 1. The molecule has 1 aliphatic rings. The molecule has 0 bridgehead atoms. The zero-order valence-electron chi connectivity index (χ0n) is 18.0. The number of ether oxygens (including phenoxy) is 1. The topological polar surface area (TPSA) is 103 Å². The largest absolute Gasteiger partial charge is 0.471 e. The number of aromatic nitrogens is 6. The van der Waals surface area contributed by atoms with Crippen LogP contribution in [-0.4, -0.2) is 43.0 Å². The first-order valence-corrected chi connectivity index (χ1v) is 10.8. The molecule has 0 aliphatic carbocycles. The fraction of sp³-hybridized carbons (Fsp3) is 0.208. The molecule has 5 aromatic rings. The lowest BCUT2D eigenvalue weighted by atomic mass is 10.1. The fourth-order valence-corrected chi connectivity index (χ4v) is 4.00. The Balaban J connectivity index is 1.33. The van der Waals surface area contributed by atoms with Crippen LogP contribution in [0.2, 0.25) is 0 Å². The standard InChI is InChI=1S/C24H21N7O2/c1-15-12-21(30-33-15)23-28-27-22-18-4-2-3-5-19(18)24(29-31(22)23)32-14-16-6-7-20(26-13-16)17-8-10-25-11-9-17/h2-8,12-13,25H,9-11,14H2,1H3. The van der Waals surface area contributed by atoms with Crippen molar-refractivity contribution in [1.82, 2.24) is 35.3 Å². The van der Waals surface area contributed by atoms with Gasteiger partial charge in [-0.25, -0.2) is 0 Å². The lowest BCUT2D eigenvalue weighted by Crippen LogP contribution is -2.20. The van der Waals surface area contributed by atoms with Crippen LogP contribution < -0.4 is 10.1 Å². The quantitative estimate of drug-likeness (QED) is 0.443. The van der Waals surface area contributed by atoms with E-state index in [4.69, 9.17) is 14.4 Å². The van der Waals surface area contributed by atoms with Gasteiger partial charge in [0.2, 0.25) is 11.7 Å². The van der Waals surface area contributed by atoms with E-state index < -0.39 is 0 Å². The average Bonchev–Trinajstić information content (AvgIpc) is 3.49. The first-order valence-electron chi connectivity index (χ1n) is 10.8. The lowest BCUT2D eigenvalue weighted by Gasteiger charge is -2.14. The summed E-state index contributed by atoms with van der Waals surface area (Å²) in [6, 6.07) is 13.8. The van der Waals surface area contributed by atoms with Crippen LogP contribution in [0.1, 0.15) is 23.4 Å². The molecular weight excluding hydrogens is 418 g/mol. The Morgan fingerprint density at radius 1 is 1.09 bits per heavy atom. The van der Waals surface area contributed by atoms with E-state index in [2.05, 4.69) is 37.8 Å². The summed E-state index contributed by atoms with van der Waals surface area (Å²) in [4.78, 5) is 4.63. The number of benzene rings is 1. The van der Waals surface area contributed by atoms with E-state index in [-0.39, 0.29) is 0 Å². The number of aryl methyl sites for hydroxylation is 1. The highest BCUT2D eigenvalue weighted by molar-refractivity contribution is 5.96. The second kappa shape index (κ2) is 8.10. The Hall–Kier alpha value is -4.11. The Morgan fingerprint density at radius 3 is 2.76 bits per heavy atom. The zero-order chi connectivity index (χ0) is 22.2. The predicted octanol–water partition coefficient (Wildman–Crippen LogP) is 3.59. The third-order valence-corrected chi connectivity index (χ3v) is 5.68. The van der Waals surface area contributed by atoms with Crippen LogP contribution in [0.15, 0.2) is 59.3 Å². The normalized spacial score (nSPS) is 14.0. The first kappa shape index (κ1) is 19.6. The Morgan fingerprint density at radius 2 is 2.00 bits per heavy atom. The highest BCUT2D eigenvalue weighted by Crippen LogP contribution is 2.29. The summed E-state index contributed by atoms with van der Waals surface area (Å²) < 4.78 is 13.0. The molecular formula is C24H21N7O2. The summed E-state index contributed by atoms with van der Waals surface area (Å²) in [6.45, 7) is 4.05. The van der Waals surface area contributed by atoms with Gasteiger partial charge in [0.1, 0.15) is 12.4 Å². The molecule has 33 heavy (non-hydrogen) atoms. The maximum absolute atomic E-state index is 6.17. The van der Waals surface area contributed by atoms with Crippen molar-refractivity contribution in [3.05, 3.63) is 71.8 Å². The molecule has 4 aromatic heterocycles. The summed E-state index contributed by atoms with van der Waals surface area (Å²) in [6.07, 6.45) is 5.05. The van der Waals surface area contributed by atoms with Gasteiger partial charge in [-0.2, -0.15) is 4.52 Å². The second-order valence-corrected chi connectivity index (χ2v) is 7.96. The van der Waals surface area contributed by atoms with Crippen molar-refractivity contribution in [2.45, 2.75) is 20.0 Å². The number of fused-ring (bicyclic) bond motifs is 3. The summed E-state index contributed by atoms with van der Waals surface area (Å²) in [7, 11) is 0. The Labute approximate surface area is 189 Å².